The molecule has 1 amide bonds. The molecule has 2 rings (SSSR count). The number of nitrogen functional groups attached to an aromatic ring is 1. The number of hydrogen-bond donors (Lipinski definition) is 4. The van der Waals surface area contributed by atoms with Crippen LogP contribution in [0, 0.1) is 5.82 Å². The number of carbonyl (C=O) groups is 2. The fourth-order valence-corrected chi connectivity index (χ4v) is 1.75. The predicted octanol–water partition coefficient (Wildman–Crippen LogP) is 1.19. The third-order valence-corrected chi connectivity index (χ3v) is 2.98. The number of rotatable bonds is 6. The first kappa shape index (κ1) is 14.1. The maximum absolute atomic E-state index is 13.6. The van der Waals surface area contributed by atoms with Gasteiger partial charge in [-0.2, -0.15) is 0 Å². The number of carboxylic acids is 1. The van der Waals surface area contributed by atoms with Gasteiger partial charge >= 0.3 is 5.97 Å². The number of aromatic carboxylic acids is 1. The lowest BCUT2D eigenvalue weighted by atomic mass is 10.1. The Kier molecular flexibility index (Phi) is 4.07. The van der Waals surface area contributed by atoms with E-state index in [2.05, 4.69) is 10.6 Å². The molecule has 1 saturated carbocycles. The van der Waals surface area contributed by atoms with Crippen molar-refractivity contribution in [2.45, 2.75) is 25.3 Å². The fraction of sp³-hybridized carbons (Fsp3) is 0.385. The normalized spacial score (nSPS) is 13.8. The number of nitrogens with one attached hydrogen (secondary N) is 2. The summed E-state index contributed by atoms with van der Waals surface area (Å²) in [5, 5.41) is 14.4. The third-order valence-electron chi connectivity index (χ3n) is 2.98. The van der Waals surface area contributed by atoms with Crippen molar-refractivity contribution in [3.05, 3.63) is 23.5 Å². The summed E-state index contributed by atoms with van der Waals surface area (Å²) in [6.07, 6.45) is 2.21. The number of halogens is 1. The Morgan fingerprint density at radius 1 is 1.40 bits per heavy atom. The number of carboxylic acid groups (broad SMARTS) is 1. The second kappa shape index (κ2) is 5.77. The molecular formula is C13H16FN3O3. The second-order valence-electron chi connectivity index (χ2n) is 4.74. The molecule has 0 spiro atoms. The number of nitrogens with two attached hydrogens (primary N) is 1. The molecule has 0 heterocycles. The van der Waals surface area contributed by atoms with E-state index in [9.17, 15) is 14.0 Å². The van der Waals surface area contributed by atoms with Crippen LogP contribution in [0.2, 0.25) is 0 Å². The van der Waals surface area contributed by atoms with E-state index in [0.717, 1.165) is 25.0 Å². The van der Waals surface area contributed by atoms with Crippen LogP contribution in [0.5, 0.6) is 0 Å². The van der Waals surface area contributed by atoms with Gasteiger partial charge in [0.25, 0.3) is 0 Å². The molecule has 0 saturated heterocycles. The van der Waals surface area contributed by atoms with Crippen LogP contribution in [0.1, 0.15) is 29.6 Å². The topological polar surface area (TPSA) is 104 Å². The number of anilines is 2. The van der Waals surface area contributed by atoms with Crippen LogP contribution in [0.25, 0.3) is 0 Å². The maximum atomic E-state index is 13.6. The number of benzene rings is 1. The lowest BCUT2D eigenvalue weighted by Crippen LogP contribution is -2.27. The zero-order valence-corrected chi connectivity index (χ0v) is 10.8. The van der Waals surface area contributed by atoms with Gasteiger partial charge in [0.05, 0.1) is 11.3 Å². The van der Waals surface area contributed by atoms with Crippen LogP contribution in [0.3, 0.4) is 0 Å². The first-order valence-electron chi connectivity index (χ1n) is 6.33. The van der Waals surface area contributed by atoms with Crippen LogP contribution in [-0.2, 0) is 4.79 Å². The summed E-state index contributed by atoms with van der Waals surface area (Å²) in [6, 6.07) is 2.37. The van der Waals surface area contributed by atoms with Gasteiger partial charge in [0.15, 0.2) is 0 Å². The van der Waals surface area contributed by atoms with E-state index in [4.69, 9.17) is 10.8 Å². The third kappa shape index (κ3) is 3.59. The van der Waals surface area contributed by atoms with Crippen LogP contribution in [0.4, 0.5) is 15.8 Å². The van der Waals surface area contributed by atoms with Crippen LogP contribution in [0.15, 0.2) is 12.1 Å². The molecule has 1 aromatic rings. The molecule has 0 aromatic heterocycles. The van der Waals surface area contributed by atoms with Crippen molar-refractivity contribution in [1.82, 2.24) is 5.32 Å². The molecule has 6 nitrogen and oxygen atoms in total. The highest BCUT2D eigenvalue weighted by atomic mass is 19.1. The molecule has 0 radical (unpaired) electrons. The zero-order valence-electron chi connectivity index (χ0n) is 10.8. The summed E-state index contributed by atoms with van der Waals surface area (Å²) < 4.78 is 13.6. The summed E-state index contributed by atoms with van der Waals surface area (Å²) in [6.45, 7) is 0.221. The number of amides is 1. The average Bonchev–Trinajstić information content (AvgIpc) is 3.15. The van der Waals surface area contributed by atoms with Gasteiger partial charge in [0.1, 0.15) is 5.82 Å². The van der Waals surface area contributed by atoms with E-state index in [1.165, 1.54) is 0 Å². The van der Waals surface area contributed by atoms with Crippen molar-refractivity contribution in [3.8, 4) is 0 Å². The van der Waals surface area contributed by atoms with E-state index < -0.39 is 11.8 Å². The molecule has 0 atom stereocenters. The molecule has 1 aromatic carbocycles. The highest BCUT2D eigenvalue weighted by molar-refractivity contribution is 5.94. The lowest BCUT2D eigenvalue weighted by Gasteiger charge is -2.10. The monoisotopic (exact) mass is 281 g/mol. The van der Waals surface area contributed by atoms with Gasteiger partial charge in [-0.1, -0.05) is 0 Å². The van der Waals surface area contributed by atoms with Crippen molar-refractivity contribution >= 4 is 23.3 Å². The largest absolute Gasteiger partial charge is 0.478 e. The lowest BCUT2D eigenvalue weighted by molar-refractivity contribution is -0.120. The fourth-order valence-electron chi connectivity index (χ4n) is 1.75. The molecule has 1 aliphatic rings. The Balaban J connectivity index is 1.92. The van der Waals surface area contributed by atoms with Crippen molar-refractivity contribution in [3.63, 3.8) is 0 Å². The molecule has 7 heteroatoms. The molecule has 5 N–H and O–H groups in total. The summed E-state index contributed by atoms with van der Waals surface area (Å²) >= 11 is 0. The highest BCUT2D eigenvalue weighted by Gasteiger charge is 2.22. The van der Waals surface area contributed by atoms with E-state index in [0.29, 0.717) is 0 Å². The van der Waals surface area contributed by atoms with E-state index in [1.807, 2.05) is 0 Å². The molecule has 0 unspecified atom stereocenters. The Labute approximate surface area is 115 Å². The van der Waals surface area contributed by atoms with Crippen molar-refractivity contribution in [2.75, 3.05) is 17.6 Å². The molecule has 108 valence electrons. The minimum atomic E-state index is -1.22. The van der Waals surface area contributed by atoms with Gasteiger partial charge in [0, 0.05) is 24.7 Å². The maximum Gasteiger partial charge on any atom is 0.337 e. The van der Waals surface area contributed by atoms with Gasteiger partial charge in [-0.05, 0) is 25.0 Å². The molecule has 0 aliphatic heterocycles. The molecule has 1 aliphatic carbocycles. The Morgan fingerprint density at radius 2 is 2.10 bits per heavy atom. The van der Waals surface area contributed by atoms with Gasteiger partial charge < -0.3 is 21.5 Å². The molecule has 20 heavy (non-hydrogen) atoms. The smallest absolute Gasteiger partial charge is 0.337 e. The minimum Gasteiger partial charge on any atom is -0.478 e. The van der Waals surface area contributed by atoms with Crippen molar-refractivity contribution in [2.24, 2.45) is 0 Å². The summed E-state index contributed by atoms with van der Waals surface area (Å²) in [7, 11) is 0. The Morgan fingerprint density at radius 3 is 2.70 bits per heavy atom. The van der Waals surface area contributed by atoms with Crippen LogP contribution < -0.4 is 16.4 Å². The molecule has 0 bridgehead atoms. The van der Waals surface area contributed by atoms with Crippen molar-refractivity contribution in [1.29, 1.82) is 0 Å². The van der Waals surface area contributed by atoms with Gasteiger partial charge in [0.2, 0.25) is 5.91 Å². The number of hydrogen-bond acceptors (Lipinski definition) is 4. The number of carbonyl (C=O) groups excluding carboxylic acids is 1. The minimum absolute atomic E-state index is 0.0239. The zero-order chi connectivity index (χ0) is 14.7. The first-order valence-corrected chi connectivity index (χ1v) is 6.33. The quantitative estimate of drug-likeness (QED) is 0.586. The standard InChI is InChI=1S/C13H16FN3O3/c14-9-6-10(15)8(13(19)20)5-11(9)16-4-3-12(18)17-7-1-2-7/h5-7,16H,1-4,15H2,(H,17,18)(H,19,20). The Bertz CT molecular complexity index is 544. The summed E-state index contributed by atoms with van der Waals surface area (Å²) in [4.78, 5) is 22.3. The predicted molar refractivity (Wildman–Crippen MR) is 72.0 cm³/mol. The average molecular weight is 281 g/mol. The van der Waals surface area contributed by atoms with Crippen LogP contribution >= 0.6 is 0 Å². The van der Waals surface area contributed by atoms with E-state index in [1.54, 1.807) is 0 Å². The second-order valence-corrected chi connectivity index (χ2v) is 4.74. The molecule has 1 fully saturated rings. The summed E-state index contributed by atoms with van der Waals surface area (Å²) in [5.41, 5.74) is 5.14. The summed E-state index contributed by atoms with van der Waals surface area (Å²) in [5.74, 6) is -1.97. The van der Waals surface area contributed by atoms with E-state index in [-0.39, 0.29) is 41.9 Å². The highest BCUT2D eigenvalue weighted by Crippen LogP contribution is 2.22. The van der Waals surface area contributed by atoms with Crippen molar-refractivity contribution < 1.29 is 19.1 Å². The molecular weight excluding hydrogens is 265 g/mol. The van der Waals surface area contributed by atoms with Gasteiger partial charge in [-0.25, -0.2) is 9.18 Å². The van der Waals surface area contributed by atoms with Gasteiger partial charge in [-0.15, -0.1) is 0 Å². The van der Waals surface area contributed by atoms with Crippen LogP contribution in [-0.4, -0.2) is 29.6 Å². The Hall–Kier alpha value is -2.31. The van der Waals surface area contributed by atoms with Gasteiger partial charge in [-0.3, -0.25) is 4.79 Å². The SMILES string of the molecule is Nc1cc(F)c(NCCC(=O)NC2CC2)cc1C(=O)O. The first-order chi connectivity index (χ1) is 9.47. The van der Waals surface area contributed by atoms with E-state index >= 15 is 0 Å².